The number of ketones is 1. The Hall–Kier alpha value is -2.41. The summed E-state index contributed by atoms with van der Waals surface area (Å²) in [5.74, 6) is 0.0920. The fourth-order valence-corrected chi connectivity index (χ4v) is 3.54. The molecule has 0 aliphatic carbocycles. The minimum absolute atomic E-state index is 0.109. The summed E-state index contributed by atoms with van der Waals surface area (Å²) < 4.78 is 0. The molecular weight excluding hydrogens is 316 g/mol. The maximum absolute atomic E-state index is 13.7. The molecule has 0 aromatic heterocycles. The van der Waals surface area contributed by atoms with Gasteiger partial charge in [-0.3, -0.25) is 4.79 Å². The van der Waals surface area contributed by atoms with Gasteiger partial charge in [-0.05, 0) is 62.8 Å². The number of hydrogen-bond donors (Lipinski definition) is 0. The van der Waals surface area contributed by atoms with Crippen LogP contribution >= 0.6 is 0 Å². The first-order valence-corrected chi connectivity index (χ1v) is 9.47. The molecule has 0 spiro atoms. The molecule has 2 aromatic carbocycles. The van der Waals surface area contributed by atoms with Crippen molar-refractivity contribution < 1.29 is 4.79 Å². The van der Waals surface area contributed by atoms with Crippen LogP contribution in [-0.4, -0.2) is 5.78 Å². The predicted molar refractivity (Wildman–Crippen MR) is 112 cm³/mol. The van der Waals surface area contributed by atoms with E-state index in [0.717, 1.165) is 24.0 Å². The van der Waals surface area contributed by atoms with Gasteiger partial charge in [0.2, 0.25) is 0 Å². The van der Waals surface area contributed by atoms with Crippen LogP contribution in [0.1, 0.15) is 60.8 Å². The van der Waals surface area contributed by atoms with Crippen molar-refractivity contribution in [1.29, 1.82) is 0 Å². The number of aryl methyl sites for hydroxylation is 2. The monoisotopic (exact) mass is 346 g/mol. The van der Waals surface area contributed by atoms with Gasteiger partial charge in [0.1, 0.15) is 5.78 Å². The van der Waals surface area contributed by atoms with E-state index in [9.17, 15) is 4.79 Å². The largest absolute Gasteiger partial charge is 0.298 e. The number of carbonyl (C=O) groups excluding carboxylic acids is 1. The fraction of sp³-hybridized carbons (Fsp3) is 0.320. The van der Waals surface area contributed by atoms with Crippen LogP contribution in [0.4, 0.5) is 0 Å². The summed E-state index contributed by atoms with van der Waals surface area (Å²) in [4.78, 5) is 13.7. The van der Waals surface area contributed by atoms with Crippen molar-refractivity contribution in [2.45, 2.75) is 52.4 Å². The summed E-state index contributed by atoms with van der Waals surface area (Å²) in [6.45, 7) is 8.22. The third kappa shape index (κ3) is 4.82. The van der Waals surface area contributed by atoms with E-state index >= 15 is 0 Å². The molecule has 0 saturated carbocycles. The molecule has 0 heterocycles. The number of rotatable bonds is 8. The molecule has 0 amide bonds. The second kappa shape index (κ2) is 9.91. The van der Waals surface area contributed by atoms with E-state index in [1.807, 2.05) is 50.3 Å². The molecule has 0 aliphatic rings. The maximum atomic E-state index is 13.7. The fourth-order valence-electron chi connectivity index (χ4n) is 3.54. The molecule has 2 aromatic rings. The van der Waals surface area contributed by atoms with Crippen LogP contribution < -0.4 is 0 Å². The van der Waals surface area contributed by atoms with Gasteiger partial charge in [-0.25, -0.2) is 0 Å². The van der Waals surface area contributed by atoms with Gasteiger partial charge in [0.05, 0.1) is 0 Å². The van der Waals surface area contributed by atoms with Crippen molar-refractivity contribution in [2.75, 3.05) is 0 Å². The lowest BCUT2D eigenvalue weighted by Crippen LogP contribution is -2.22. The highest BCUT2D eigenvalue weighted by Gasteiger charge is 2.29. The van der Waals surface area contributed by atoms with Crippen molar-refractivity contribution in [3.8, 4) is 0 Å². The van der Waals surface area contributed by atoms with Gasteiger partial charge < -0.3 is 0 Å². The number of carbonyl (C=O) groups is 1. The minimum Gasteiger partial charge on any atom is -0.298 e. The summed E-state index contributed by atoms with van der Waals surface area (Å²) in [6.07, 6.45) is 9.79. The topological polar surface area (TPSA) is 17.1 Å². The van der Waals surface area contributed by atoms with Crippen molar-refractivity contribution >= 4 is 5.78 Å². The first-order valence-electron chi connectivity index (χ1n) is 9.47. The first-order chi connectivity index (χ1) is 12.6. The summed E-state index contributed by atoms with van der Waals surface area (Å²) in [5, 5.41) is 0. The summed E-state index contributed by atoms with van der Waals surface area (Å²) in [5.41, 5.74) is 4.67. The average Bonchev–Trinajstić information content (AvgIpc) is 2.65. The molecule has 1 heteroatoms. The van der Waals surface area contributed by atoms with Crippen LogP contribution in [0.15, 0.2) is 72.8 Å². The first kappa shape index (κ1) is 19.9. The van der Waals surface area contributed by atoms with Gasteiger partial charge >= 0.3 is 0 Å². The van der Waals surface area contributed by atoms with E-state index in [1.165, 1.54) is 11.1 Å². The molecule has 2 rings (SSSR count). The van der Waals surface area contributed by atoms with Gasteiger partial charge in [0.25, 0.3) is 0 Å². The van der Waals surface area contributed by atoms with Crippen molar-refractivity contribution in [3.63, 3.8) is 0 Å². The highest BCUT2D eigenvalue weighted by molar-refractivity contribution is 5.92. The molecule has 0 saturated heterocycles. The highest BCUT2D eigenvalue weighted by Crippen LogP contribution is 2.34. The van der Waals surface area contributed by atoms with Crippen LogP contribution in [-0.2, 0) is 4.79 Å². The summed E-state index contributed by atoms with van der Waals surface area (Å²) >= 11 is 0. The second-order valence-corrected chi connectivity index (χ2v) is 6.83. The zero-order chi connectivity index (χ0) is 18.9. The van der Waals surface area contributed by atoms with Crippen LogP contribution in [0.25, 0.3) is 0 Å². The Morgan fingerprint density at radius 3 is 1.50 bits per heavy atom. The summed E-state index contributed by atoms with van der Waals surface area (Å²) in [6, 6.07) is 16.5. The molecule has 136 valence electrons. The Balaban J connectivity index is 2.48. The molecule has 2 unspecified atom stereocenters. The molecule has 0 bridgehead atoms. The Morgan fingerprint density at radius 2 is 1.15 bits per heavy atom. The van der Waals surface area contributed by atoms with Crippen molar-refractivity contribution in [1.82, 2.24) is 0 Å². The SMILES string of the molecule is C/C=C/CC(C(=O)C(C/C=C/C)c1ccccc1C)c1ccccc1C. The van der Waals surface area contributed by atoms with Crippen molar-refractivity contribution in [2.24, 2.45) is 0 Å². The Labute approximate surface area is 158 Å². The Kier molecular flexibility index (Phi) is 7.59. The number of allylic oxidation sites excluding steroid dienone is 4. The van der Waals surface area contributed by atoms with Crippen LogP contribution in [0, 0.1) is 13.8 Å². The molecule has 26 heavy (non-hydrogen) atoms. The average molecular weight is 347 g/mol. The molecular formula is C25H30O. The quantitative estimate of drug-likeness (QED) is 0.488. The van der Waals surface area contributed by atoms with Crippen LogP contribution in [0.3, 0.4) is 0 Å². The number of hydrogen-bond acceptors (Lipinski definition) is 1. The predicted octanol–water partition coefficient (Wildman–Crippen LogP) is 6.67. The zero-order valence-electron chi connectivity index (χ0n) is 16.4. The Morgan fingerprint density at radius 1 is 0.769 bits per heavy atom. The maximum Gasteiger partial charge on any atom is 0.148 e. The van der Waals surface area contributed by atoms with Crippen LogP contribution in [0.2, 0.25) is 0 Å². The van der Waals surface area contributed by atoms with Gasteiger partial charge in [0, 0.05) is 11.8 Å². The van der Waals surface area contributed by atoms with E-state index < -0.39 is 0 Å². The molecule has 0 N–H and O–H groups in total. The molecule has 2 atom stereocenters. The van der Waals surface area contributed by atoms with E-state index in [-0.39, 0.29) is 11.8 Å². The van der Waals surface area contributed by atoms with E-state index in [2.05, 4.69) is 50.3 Å². The lowest BCUT2D eigenvalue weighted by molar-refractivity contribution is -0.121. The number of Topliss-reactive ketones (excluding diaryl/α,β-unsaturated/α-hetero) is 1. The lowest BCUT2D eigenvalue weighted by Gasteiger charge is -2.24. The van der Waals surface area contributed by atoms with Gasteiger partial charge in [-0.1, -0.05) is 72.8 Å². The molecule has 0 radical (unpaired) electrons. The Bertz CT molecular complexity index is 717. The zero-order valence-corrected chi connectivity index (χ0v) is 16.4. The molecule has 0 aliphatic heterocycles. The lowest BCUT2D eigenvalue weighted by atomic mass is 9.78. The molecule has 1 nitrogen and oxygen atoms in total. The third-order valence-corrected chi connectivity index (χ3v) is 5.03. The van der Waals surface area contributed by atoms with E-state index in [4.69, 9.17) is 0 Å². The van der Waals surface area contributed by atoms with Gasteiger partial charge in [0.15, 0.2) is 0 Å². The second-order valence-electron chi connectivity index (χ2n) is 6.83. The number of benzene rings is 2. The van der Waals surface area contributed by atoms with Crippen LogP contribution in [0.5, 0.6) is 0 Å². The standard InChI is InChI=1S/C25H30O/c1-5-7-15-23(21-17-11-9-13-19(21)3)25(26)24(16-8-6-2)22-18-12-10-14-20(22)4/h5-14,17-18,23-24H,15-16H2,1-4H3/b7-5+,8-6+. The van der Waals surface area contributed by atoms with Crippen molar-refractivity contribution in [3.05, 3.63) is 95.1 Å². The normalized spacial score (nSPS) is 14.0. The van der Waals surface area contributed by atoms with E-state index in [1.54, 1.807) is 0 Å². The third-order valence-electron chi connectivity index (χ3n) is 5.03. The smallest absolute Gasteiger partial charge is 0.148 e. The summed E-state index contributed by atoms with van der Waals surface area (Å²) in [7, 11) is 0. The van der Waals surface area contributed by atoms with E-state index in [0.29, 0.717) is 5.78 Å². The van der Waals surface area contributed by atoms with Gasteiger partial charge in [-0.2, -0.15) is 0 Å². The molecule has 0 fully saturated rings. The minimum atomic E-state index is -0.109. The highest BCUT2D eigenvalue weighted by atomic mass is 16.1. The van der Waals surface area contributed by atoms with Gasteiger partial charge in [-0.15, -0.1) is 0 Å².